The molecular weight excluding hydrogens is 342 g/mol. The molecule has 1 fully saturated rings. The van der Waals surface area contributed by atoms with Crippen LogP contribution in [-0.4, -0.2) is 43.4 Å². The van der Waals surface area contributed by atoms with Gasteiger partial charge in [0.1, 0.15) is 17.7 Å². The average molecular weight is 367 g/mol. The fraction of sp³-hybridized carbons (Fsp3) is 0.474. The Balaban J connectivity index is 1.57. The molecule has 0 amide bonds. The summed E-state index contributed by atoms with van der Waals surface area (Å²) < 4.78 is 3.51. The van der Waals surface area contributed by atoms with Crippen molar-refractivity contribution >= 4 is 22.7 Å². The highest BCUT2D eigenvalue weighted by Gasteiger charge is 2.24. The van der Waals surface area contributed by atoms with Crippen LogP contribution >= 0.6 is 0 Å². The van der Waals surface area contributed by atoms with Crippen molar-refractivity contribution in [3.8, 4) is 0 Å². The van der Waals surface area contributed by atoms with E-state index < -0.39 is 0 Å². The molecule has 0 bridgehead atoms. The lowest BCUT2D eigenvalue weighted by atomic mass is 10.0. The van der Waals surface area contributed by atoms with Crippen molar-refractivity contribution in [1.29, 1.82) is 0 Å². The van der Waals surface area contributed by atoms with Crippen LogP contribution in [0.15, 0.2) is 29.3 Å². The number of anilines is 2. The lowest BCUT2D eigenvalue weighted by Gasteiger charge is -2.36. The third-order valence-corrected chi connectivity index (χ3v) is 5.43. The molecule has 3 aromatic heterocycles. The number of rotatable bonds is 4. The summed E-state index contributed by atoms with van der Waals surface area (Å²) >= 11 is 0. The molecule has 1 saturated heterocycles. The van der Waals surface area contributed by atoms with Gasteiger partial charge in [-0.3, -0.25) is 4.79 Å². The van der Waals surface area contributed by atoms with Crippen molar-refractivity contribution in [2.24, 2.45) is 14.1 Å². The molecule has 1 unspecified atom stereocenters. The van der Waals surface area contributed by atoms with E-state index in [4.69, 9.17) is 0 Å². The van der Waals surface area contributed by atoms with Crippen LogP contribution in [0, 0.1) is 6.92 Å². The van der Waals surface area contributed by atoms with Gasteiger partial charge >= 0.3 is 0 Å². The average Bonchev–Trinajstić information content (AvgIpc) is 2.97. The number of nitrogens with zero attached hydrogens (tertiary/aromatic N) is 6. The van der Waals surface area contributed by atoms with Crippen LogP contribution in [0.3, 0.4) is 0 Å². The fourth-order valence-corrected chi connectivity index (χ4v) is 3.80. The van der Waals surface area contributed by atoms with Crippen molar-refractivity contribution in [3.05, 3.63) is 40.6 Å². The Labute approximate surface area is 157 Å². The zero-order valence-corrected chi connectivity index (χ0v) is 16.0. The van der Waals surface area contributed by atoms with Gasteiger partial charge in [0.15, 0.2) is 5.82 Å². The minimum atomic E-state index is -0.0899. The van der Waals surface area contributed by atoms with Crippen molar-refractivity contribution < 1.29 is 0 Å². The van der Waals surface area contributed by atoms with Crippen molar-refractivity contribution in [2.75, 3.05) is 23.3 Å². The maximum absolute atomic E-state index is 11.7. The van der Waals surface area contributed by atoms with Crippen molar-refractivity contribution in [3.63, 3.8) is 0 Å². The molecule has 1 N–H and O–H groups in total. The molecule has 4 rings (SSSR count). The van der Waals surface area contributed by atoms with Gasteiger partial charge in [0.25, 0.3) is 5.56 Å². The first kappa shape index (κ1) is 17.5. The van der Waals surface area contributed by atoms with E-state index >= 15 is 0 Å². The van der Waals surface area contributed by atoms with E-state index in [2.05, 4.69) is 42.8 Å². The normalized spacial score (nSPS) is 17.4. The summed E-state index contributed by atoms with van der Waals surface area (Å²) in [6.07, 6.45) is 5.02. The van der Waals surface area contributed by atoms with Gasteiger partial charge in [0.2, 0.25) is 0 Å². The topological polar surface area (TPSA) is 80.9 Å². The van der Waals surface area contributed by atoms with E-state index in [-0.39, 0.29) is 5.56 Å². The fourth-order valence-electron chi connectivity index (χ4n) is 3.80. The van der Waals surface area contributed by atoms with Crippen molar-refractivity contribution in [2.45, 2.75) is 32.2 Å². The van der Waals surface area contributed by atoms with Crippen LogP contribution in [0.2, 0.25) is 0 Å². The Morgan fingerprint density at radius 2 is 2.07 bits per heavy atom. The molecule has 0 radical (unpaired) electrons. The minimum Gasteiger partial charge on any atom is -0.366 e. The Kier molecular flexibility index (Phi) is 4.55. The third-order valence-electron chi connectivity index (χ3n) is 5.43. The van der Waals surface area contributed by atoms with Gasteiger partial charge in [-0.25, -0.2) is 14.6 Å². The van der Waals surface area contributed by atoms with Crippen molar-refractivity contribution in [1.82, 2.24) is 24.3 Å². The summed E-state index contributed by atoms with van der Waals surface area (Å²) in [5.74, 6) is 1.71. The van der Waals surface area contributed by atoms with Crippen LogP contribution in [-0.2, 0) is 14.1 Å². The predicted octanol–water partition coefficient (Wildman–Crippen LogP) is 1.84. The molecule has 27 heavy (non-hydrogen) atoms. The van der Waals surface area contributed by atoms with Crippen LogP contribution in [0.25, 0.3) is 11.0 Å². The molecule has 0 spiro atoms. The van der Waals surface area contributed by atoms with Crippen LogP contribution in [0.4, 0.5) is 11.6 Å². The van der Waals surface area contributed by atoms with Crippen LogP contribution in [0.5, 0.6) is 0 Å². The number of hydrogen-bond acceptors (Lipinski definition) is 6. The second-order valence-electron chi connectivity index (χ2n) is 7.18. The lowest BCUT2D eigenvalue weighted by Crippen LogP contribution is -2.45. The highest BCUT2D eigenvalue weighted by Crippen LogP contribution is 2.25. The molecule has 1 atom stereocenters. The van der Waals surface area contributed by atoms with E-state index in [9.17, 15) is 4.79 Å². The number of fused-ring (bicyclic) bond motifs is 1. The third kappa shape index (κ3) is 3.27. The van der Waals surface area contributed by atoms with E-state index in [0.717, 1.165) is 54.3 Å². The summed E-state index contributed by atoms with van der Waals surface area (Å²) in [6.45, 7) is 3.78. The van der Waals surface area contributed by atoms with Crippen LogP contribution in [0.1, 0.15) is 25.0 Å². The molecule has 0 aliphatic carbocycles. The van der Waals surface area contributed by atoms with Gasteiger partial charge in [-0.1, -0.05) is 0 Å². The summed E-state index contributed by atoms with van der Waals surface area (Å²) in [4.78, 5) is 22.8. The molecule has 3 aromatic rings. The first-order valence-electron chi connectivity index (χ1n) is 9.36. The Morgan fingerprint density at radius 3 is 2.89 bits per heavy atom. The highest BCUT2D eigenvalue weighted by atomic mass is 16.1. The maximum Gasteiger partial charge on any atom is 0.266 e. The van der Waals surface area contributed by atoms with E-state index in [1.807, 2.05) is 13.1 Å². The molecule has 1 aliphatic heterocycles. The summed E-state index contributed by atoms with van der Waals surface area (Å²) in [6, 6.07) is 5.78. The standard InChI is InChI=1S/C19H25N7O/c1-13-10-15-18(24(13)2)19(22-12-21-15)20-11-14-6-4-5-9-26(14)16-7-8-17(27)25(3)23-16/h7-8,10,12,14H,4-6,9,11H2,1-3H3,(H,20,21,22). The first-order chi connectivity index (χ1) is 13.0. The van der Waals surface area contributed by atoms with Gasteiger partial charge in [0, 0.05) is 45.0 Å². The molecule has 142 valence electrons. The number of aryl methyl sites for hydroxylation is 3. The quantitative estimate of drug-likeness (QED) is 0.758. The first-order valence-corrected chi connectivity index (χ1v) is 9.36. The molecule has 1 aliphatic rings. The molecule has 8 nitrogen and oxygen atoms in total. The predicted molar refractivity (Wildman–Crippen MR) is 106 cm³/mol. The number of piperidine rings is 1. The smallest absolute Gasteiger partial charge is 0.266 e. The Morgan fingerprint density at radius 1 is 1.22 bits per heavy atom. The monoisotopic (exact) mass is 367 g/mol. The largest absolute Gasteiger partial charge is 0.366 e. The number of hydrogen-bond donors (Lipinski definition) is 1. The van der Waals surface area contributed by atoms with Gasteiger partial charge in [0.05, 0.1) is 5.52 Å². The molecular formula is C19H25N7O. The maximum atomic E-state index is 11.7. The van der Waals surface area contributed by atoms with Gasteiger partial charge in [-0.15, -0.1) is 0 Å². The van der Waals surface area contributed by atoms with E-state index in [0.29, 0.717) is 6.04 Å². The second kappa shape index (κ2) is 7.02. The van der Waals surface area contributed by atoms with E-state index in [1.165, 1.54) is 11.1 Å². The zero-order valence-electron chi connectivity index (χ0n) is 16.0. The Bertz CT molecular complexity index is 1020. The molecule has 0 aromatic carbocycles. The highest BCUT2D eigenvalue weighted by molar-refractivity contribution is 5.87. The second-order valence-corrected chi connectivity index (χ2v) is 7.18. The summed E-state index contributed by atoms with van der Waals surface area (Å²) in [7, 11) is 3.73. The van der Waals surface area contributed by atoms with Gasteiger partial charge < -0.3 is 14.8 Å². The Hall–Kier alpha value is -2.90. The summed E-state index contributed by atoms with van der Waals surface area (Å²) in [5, 5.41) is 7.97. The van der Waals surface area contributed by atoms with E-state index in [1.54, 1.807) is 19.4 Å². The molecule has 4 heterocycles. The summed E-state index contributed by atoms with van der Waals surface area (Å²) in [5.41, 5.74) is 3.04. The van der Waals surface area contributed by atoms with Crippen LogP contribution < -0.4 is 15.8 Å². The molecule has 0 saturated carbocycles. The zero-order chi connectivity index (χ0) is 19.0. The van der Waals surface area contributed by atoms with Gasteiger partial charge in [-0.05, 0) is 38.3 Å². The number of nitrogens with one attached hydrogen (secondary N) is 1. The molecule has 8 heteroatoms. The van der Waals surface area contributed by atoms with Gasteiger partial charge in [-0.2, -0.15) is 5.10 Å². The number of aromatic nitrogens is 5. The lowest BCUT2D eigenvalue weighted by molar-refractivity contribution is 0.464. The SMILES string of the molecule is Cc1cc2ncnc(NCC3CCCCN3c3ccc(=O)n(C)n3)c2n1C. The minimum absolute atomic E-state index is 0.0899.